The summed E-state index contributed by atoms with van der Waals surface area (Å²) in [7, 11) is 0. The molecule has 0 saturated carbocycles. The molecule has 4 heteroatoms. The molecular weight excluding hydrogens is 230 g/mol. The van der Waals surface area contributed by atoms with Crippen LogP contribution in [0.4, 0.5) is 5.82 Å². The second kappa shape index (κ2) is 6.35. The zero-order chi connectivity index (χ0) is 12.8. The van der Waals surface area contributed by atoms with Crippen molar-refractivity contribution in [1.29, 1.82) is 0 Å². The standard InChI is InChI=1S/C11H13N3S.C2H6/c1-8-10(12)14(13-11(8)15-2)9-6-4-3-5-7-9;1-2/h3-7H,12H2,1-2H3;1-2H3. The molecule has 17 heavy (non-hydrogen) atoms. The number of nitrogens with zero attached hydrogens (tertiary/aromatic N) is 2. The molecule has 0 saturated heterocycles. The van der Waals surface area contributed by atoms with Crippen LogP contribution in [0.2, 0.25) is 0 Å². The van der Waals surface area contributed by atoms with Crippen LogP contribution in [0.5, 0.6) is 0 Å². The van der Waals surface area contributed by atoms with E-state index in [1.165, 1.54) is 0 Å². The molecular formula is C13H19N3S. The predicted molar refractivity (Wildman–Crippen MR) is 75.8 cm³/mol. The van der Waals surface area contributed by atoms with Gasteiger partial charge in [0.15, 0.2) is 0 Å². The maximum absolute atomic E-state index is 6.00. The van der Waals surface area contributed by atoms with Gasteiger partial charge < -0.3 is 5.73 Å². The molecule has 1 heterocycles. The molecule has 0 radical (unpaired) electrons. The molecule has 2 aromatic rings. The minimum Gasteiger partial charge on any atom is -0.383 e. The first-order chi connectivity index (χ1) is 8.24. The fourth-order valence-electron chi connectivity index (χ4n) is 1.45. The summed E-state index contributed by atoms with van der Waals surface area (Å²) in [5.74, 6) is 0.713. The number of benzene rings is 1. The number of hydrogen-bond donors (Lipinski definition) is 1. The normalized spacial score (nSPS) is 9.65. The van der Waals surface area contributed by atoms with Gasteiger partial charge in [-0.25, -0.2) is 4.68 Å². The highest BCUT2D eigenvalue weighted by Crippen LogP contribution is 2.25. The highest BCUT2D eigenvalue weighted by atomic mass is 32.2. The number of nitrogens with two attached hydrogens (primary N) is 1. The quantitative estimate of drug-likeness (QED) is 0.828. The van der Waals surface area contributed by atoms with Gasteiger partial charge in [-0.15, -0.1) is 11.8 Å². The van der Waals surface area contributed by atoms with Crippen molar-refractivity contribution >= 4 is 17.6 Å². The second-order valence-corrected chi connectivity index (χ2v) is 4.06. The lowest BCUT2D eigenvalue weighted by atomic mass is 10.3. The predicted octanol–water partition coefficient (Wildman–Crippen LogP) is 3.51. The summed E-state index contributed by atoms with van der Waals surface area (Å²) in [5.41, 5.74) is 8.04. The van der Waals surface area contributed by atoms with Crippen molar-refractivity contribution in [3.05, 3.63) is 35.9 Å². The van der Waals surface area contributed by atoms with Crippen LogP contribution in [0.15, 0.2) is 35.4 Å². The molecule has 3 nitrogen and oxygen atoms in total. The third kappa shape index (κ3) is 2.82. The van der Waals surface area contributed by atoms with E-state index in [9.17, 15) is 0 Å². The van der Waals surface area contributed by atoms with E-state index in [2.05, 4.69) is 5.10 Å². The Morgan fingerprint density at radius 2 is 1.76 bits per heavy atom. The summed E-state index contributed by atoms with van der Waals surface area (Å²) in [6.45, 7) is 5.99. The monoisotopic (exact) mass is 249 g/mol. The summed E-state index contributed by atoms with van der Waals surface area (Å²) in [6.07, 6.45) is 2.00. The third-order valence-electron chi connectivity index (χ3n) is 2.32. The van der Waals surface area contributed by atoms with Gasteiger partial charge in [0.1, 0.15) is 10.8 Å². The zero-order valence-electron chi connectivity index (χ0n) is 10.8. The molecule has 2 N–H and O–H groups in total. The molecule has 1 aromatic carbocycles. The number of anilines is 1. The first kappa shape index (κ1) is 13.6. The van der Waals surface area contributed by atoms with Gasteiger partial charge in [0.05, 0.1) is 5.69 Å². The Morgan fingerprint density at radius 1 is 1.18 bits per heavy atom. The summed E-state index contributed by atoms with van der Waals surface area (Å²) in [5, 5.41) is 5.44. The van der Waals surface area contributed by atoms with Crippen molar-refractivity contribution < 1.29 is 0 Å². The molecule has 1 aromatic heterocycles. The number of nitrogen functional groups attached to an aromatic ring is 1. The van der Waals surface area contributed by atoms with Crippen LogP contribution in [-0.4, -0.2) is 16.0 Å². The number of rotatable bonds is 2. The first-order valence-corrected chi connectivity index (χ1v) is 6.91. The topological polar surface area (TPSA) is 43.8 Å². The Bertz CT molecular complexity index is 463. The van der Waals surface area contributed by atoms with Crippen molar-refractivity contribution in [3.8, 4) is 5.69 Å². The van der Waals surface area contributed by atoms with Crippen molar-refractivity contribution in [2.45, 2.75) is 25.8 Å². The summed E-state index contributed by atoms with van der Waals surface area (Å²) in [6, 6.07) is 9.92. The second-order valence-electron chi connectivity index (χ2n) is 3.27. The van der Waals surface area contributed by atoms with E-state index in [-0.39, 0.29) is 0 Å². The van der Waals surface area contributed by atoms with Gasteiger partial charge in [-0.05, 0) is 25.3 Å². The van der Waals surface area contributed by atoms with Crippen LogP contribution >= 0.6 is 11.8 Å². The molecule has 0 amide bonds. The van der Waals surface area contributed by atoms with Crippen LogP contribution in [0.3, 0.4) is 0 Å². The maximum Gasteiger partial charge on any atom is 0.131 e. The molecule has 0 spiro atoms. The van der Waals surface area contributed by atoms with Gasteiger partial charge in [0.2, 0.25) is 0 Å². The van der Waals surface area contributed by atoms with E-state index < -0.39 is 0 Å². The Hall–Kier alpha value is -1.42. The number of hydrogen-bond acceptors (Lipinski definition) is 3. The average Bonchev–Trinajstić information content (AvgIpc) is 2.69. The Balaban J connectivity index is 0.000000686. The van der Waals surface area contributed by atoms with Gasteiger partial charge in [-0.3, -0.25) is 0 Å². The first-order valence-electron chi connectivity index (χ1n) is 5.68. The Kier molecular flexibility index (Phi) is 5.10. The molecule has 0 aliphatic carbocycles. The summed E-state index contributed by atoms with van der Waals surface area (Å²) >= 11 is 1.61. The maximum atomic E-state index is 6.00. The van der Waals surface area contributed by atoms with E-state index in [0.717, 1.165) is 16.3 Å². The molecule has 0 bridgehead atoms. The number of aromatic nitrogens is 2. The van der Waals surface area contributed by atoms with Gasteiger partial charge in [0, 0.05) is 5.56 Å². The lowest BCUT2D eigenvalue weighted by molar-refractivity contribution is 0.845. The molecule has 0 fully saturated rings. The van der Waals surface area contributed by atoms with Crippen LogP contribution in [0, 0.1) is 6.92 Å². The summed E-state index contributed by atoms with van der Waals surface area (Å²) < 4.78 is 1.78. The van der Waals surface area contributed by atoms with Gasteiger partial charge in [0.25, 0.3) is 0 Å². The average molecular weight is 249 g/mol. The SMILES string of the molecule is CC.CSc1nn(-c2ccccc2)c(N)c1C. The molecule has 2 rings (SSSR count). The van der Waals surface area contributed by atoms with Crippen LogP contribution in [0.25, 0.3) is 5.69 Å². The smallest absolute Gasteiger partial charge is 0.131 e. The molecule has 0 aliphatic rings. The molecule has 0 unspecified atom stereocenters. The van der Waals surface area contributed by atoms with E-state index >= 15 is 0 Å². The lowest BCUT2D eigenvalue weighted by Crippen LogP contribution is -2.01. The lowest BCUT2D eigenvalue weighted by Gasteiger charge is -2.02. The van der Waals surface area contributed by atoms with Crippen LogP contribution < -0.4 is 5.73 Å². The van der Waals surface area contributed by atoms with Crippen molar-refractivity contribution in [2.75, 3.05) is 12.0 Å². The minimum absolute atomic E-state index is 0.713. The minimum atomic E-state index is 0.713. The number of thioether (sulfide) groups is 1. The van der Waals surface area contributed by atoms with Crippen LogP contribution in [0.1, 0.15) is 19.4 Å². The summed E-state index contributed by atoms with van der Waals surface area (Å²) in [4.78, 5) is 0. The molecule has 92 valence electrons. The number of para-hydroxylation sites is 1. The highest BCUT2D eigenvalue weighted by Gasteiger charge is 2.11. The highest BCUT2D eigenvalue weighted by molar-refractivity contribution is 7.98. The van der Waals surface area contributed by atoms with Crippen molar-refractivity contribution in [3.63, 3.8) is 0 Å². The molecule has 0 atom stereocenters. The fourth-order valence-corrected chi connectivity index (χ4v) is 2.02. The Labute approximate surface area is 107 Å². The van der Waals surface area contributed by atoms with E-state index in [0.29, 0.717) is 5.82 Å². The van der Waals surface area contributed by atoms with Crippen molar-refractivity contribution in [2.24, 2.45) is 0 Å². The van der Waals surface area contributed by atoms with E-state index in [1.807, 2.05) is 57.4 Å². The largest absolute Gasteiger partial charge is 0.383 e. The zero-order valence-corrected chi connectivity index (χ0v) is 11.6. The van der Waals surface area contributed by atoms with Crippen molar-refractivity contribution in [1.82, 2.24) is 9.78 Å². The van der Waals surface area contributed by atoms with Crippen LogP contribution in [-0.2, 0) is 0 Å². The third-order valence-corrected chi connectivity index (χ3v) is 3.09. The van der Waals surface area contributed by atoms with E-state index in [1.54, 1.807) is 16.4 Å². The molecule has 0 aliphatic heterocycles. The Morgan fingerprint density at radius 3 is 2.24 bits per heavy atom. The van der Waals surface area contributed by atoms with Gasteiger partial charge in [-0.2, -0.15) is 5.10 Å². The van der Waals surface area contributed by atoms with Gasteiger partial charge >= 0.3 is 0 Å². The van der Waals surface area contributed by atoms with Gasteiger partial charge in [-0.1, -0.05) is 32.0 Å². The fraction of sp³-hybridized carbons (Fsp3) is 0.308. The van der Waals surface area contributed by atoms with E-state index in [4.69, 9.17) is 5.73 Å².